The molecule has 2 aromatic carbocycles. The average molecular weight is 500 g/mol. The first kappa shape index (κ1) is 24.9. The zero-order chi connectivity index (χ0) is 24.5. The van der Waals surface area contributed by atoms with Gasteiger partial charge >= 0.3 is 0 Å². The van der Waals surface area contributed by atoms with Crippen LogP contribution in [-0.2, 0) is 0 Å². The molecule has 1 aliphatic heterocycles. The van der Waals surface area contributed by atoms with Gasteiger partial charge in [0.1, 0.15) is 5.82 Å². The maximum absolute atomic E-state index is 13.3. The summed E-state index contributed by atoms with van der Waals surface area (Å²) in [7, 11) is 0. The molecule has 2 heterocycles. The molecule has 10 heteroatoms. The van der Waals surface area contributed by atoms with E-state index in [0.29, 0.717) is 22.9 Å². The first-order chi connectivity index (χ1) is 17.1. The van der Waals surface area contributed by atoms with Crippen LogP contribution in [0.1, 0.15) is 25.7 Å². The lowest BCUT2D eigenvalue weighted by atomic mass is 10.2. The summed E-state index contributed by atoms with van der Waals surface area (Å²) in [5, 5.41) is 16.1. The third-order valence-corrected chi connectivity index (χ3v) is 6.06. The second-order valence-electron chi connectivity index (χ2n) is 8.43. The lowest BCUT2D eigenvalue weighted by Crippen LogP contribution is -2.47. The Morgan fingerprint density at radius 2 is 1.57 bits per heavy atom. The van der Waals surface area contributed by atoms with E-state index in [-0.39, 0.29) is 12.4 Å². The Labute approximate surface area is 210 Å². The number of piperazine rings is 1. The number of hydrogen-bond donors (Lipinski definition) is 3. The lowest BCUT2D eigenvalue weighted by Gasteiger charge is -2.36. The van der Waals surface area contributed by atoms with Crippen LogP contribution in [0.3, 0.4) is 0 Å². The van der Waals surface area contributed by atoms with Crippen molar-refractivity contribution in [3.63, 3.8) is 0 Å². The number of nitrogens with zero attached hydrogens (tertiary/aromatic N) is 5. The lowest BCUT2D eigenvalue weighted by molar-refractivity contribution is 0.283. The molecule has 0 unspecified atom stereocenters. The Bertz CT molecular complexity index is 1080. The predicted octanol–water partition coefficient (Wildman–Crippen LogP) is 4.70. The van der Waals surface area contributed by atoms with Gasteiger partial charge in [-0.05, 0) is 55.3 Å². The number of nitrogens with one attached hydrogen (secondary N) is 2. The highest BCUT2D eigenvalue weighted by Crippen LogP contribution is 2.23. The van der Waals surface area contributed by atoms with Crippen LogP contribution in [0, 0.1) is 5.82 Å². The van der Waals surface area contributed by atoms with E-state index in [1.54, 1.807) is 0 Å². The molecule has 1 aromatic heterocycles. The van der Waals surface area contributed by atoms with E-state index in [0.717, 1.165) is 69.8 Å². The number of aromatic nitrogens is 3. The highest BCUT2D eigenvalue weighted by molar-refractivity contribution is 6.30. The molecule has 3 aromatic rings. The van der Waals surface area contributed by atoms with Crippen LogP contribution in [0.2, 0.25) is 5.02 Å². The Morgan fingerprint density at radius 1 is 0.857 bits per heavy atom. The molecule has 0 amide bonds. The van der Waals surface area contributed by atoms with E-state index < -0.39 is 0 Å². The molecule has 0 saturated carbocycles. The van der Waals surface area contributed by atoms with Gasteiger partial charge in [0.15, 0.2) is 0 Å². The van der Waals surface area contributed by atoms with Crippen LogP contribution < -0.4 is 20.4 Å². The average Bonchev–Trinajstić information content (AvgIpc) is 2.87. The van der Waals surface area contributed by atoms with E-state index in [2.05, 4.69) is 35.4 Å². The van der Waals surface area contributed by atoms with E-state index >= 15 is 0 Å². The highest BCUT2D eigenvalue weighted by atomic mass is 35.5. The molecule has 4 rings (SSSR count). The fourth-order valence-corrected chi connectivity index (χ4v) is 4.13. The molecular formula is C25H31ClFN7O. The molecule has 186 valence electrons. The summed E-state index contributed by atoms with van der Waals surface area (Å²) < 4.78 is 13.3. The standard InChI is InChI=1S/C25H31ClFN7O/c26-19-6-5-7-21(18-19)29-24-30-23(28-12-3-1-2-4-17-35)31-25(32-24)34-15-13-33(14-16-34)22-10-8-20(27)9-11-22/h5-11,18,35H,1-4,12-17H2,(H2,28,29,30,31,32). The smallest absolute Gasteiger partial charge is 0.233 e. The molecule has 1 aliphatic rings. The summed E-state index contributed by atoms with van der Waals surface area (Å²) >= 11 is 6.13. The van der Waals surface area contributed by atoms with Crippen molar-refractivity contribution >= 4 is 40.8 Å². The topological polar surface area (TPSA) is 89.4 Å². The van der Waals surface area contributed by atoms with Gasteiger partial charge in [-0.25, -0.2) is 4.39 Å². The highest BCUT2D eigenvalue weighted by Gasteiger charge is 2.21. The van der Waals surface area contributed by atoms with Crippen LogP contribution in [0.4, 0.5) is 33.6 Å². The van der Waals surface area contributed by atoms with Gasteiger partial charge in [-0.3, -0.25) is 0 Å². The maximum atomic E-state index is 13.3. The molecule has 0 atom stereocenters. The summed E-state index contributed by atoms with van der Waals surface area (Å²) in [4.78, 5) is 18.3. The molecule has 1 saturated heterocycles. The van der Waals surface area contributed by atoms with Gasteiger partial charge < -0.3 is 25.5 Å². The maximum Gasteiger partial charge on any atom is 0.233 e. The summed E-state index contributed by atoms with van der Waals surface area (Å²) in [6.07, 6.45) is 3.83. The zero-order valence-electron chi connectivity index (χ0n) is 19.6. The SMILES string of the molecule is OCCCCCCNc1nc(Nc2cccc(Cl)c2)nc(N2CCN(c3ccc(F)cc3)CC2)n1. The first-order valence-electron chi connectivity index (χ1n) is 12.0. The number of anilines is 5. The van der Waals surface area contributed by atoms with Crippen LogP contribution in [0.5, 0.6) is 0 Å². The number of rotatable bonds is 11. The minimum atomic E-state index is -0.231. The van der Waals surface area contributed by atoms with Crippen LogP contribution >= 0.6 is 11.6 Å². The van der Waals surface area contributed by atoms with E-state index in [1.807, 2.05) is 36.4 Å². The van der Waals surface area contributed by atoms with E-state index in [9.17, 15) is 4.39 Å². The second kappa shape index (κ2) is 12.5. The van der Waals surface area contributed by atoms with Crippen molar-refractivity contribution in [3.8, 4) is 0 Å². The van der Waals surface area contributed by atoms with Crippen molar-refractivity contribution in [2.24, 2.45) is 0 Å². The monoisotopic (exact) mass is 499 g/mol. The van der Waals surface area contributed by atoms with E-state index in [4.69, 9.17) is 16.7 Å². The van der Waals surface area contributed by atoms with Gasteiger partial charge in [0, 0.05) is 55.7 Å². The Hall–Kier alpha value is -3.17. The molecule has 1 fully saturated rings. The summed E-state index contributed by atoms with van der Waals surface area (Å²) in [5.74, 6) is 1.33. The summed E-state index contributed by atoms with van der Waals surface area (Å²) in [5.41, 5.74) is 1.80. The molecule has 0 radical (unpaired) electrons. The summed E-state index contributed by atoms with van der Waals surface area (Å²) in [6, 6.07) is 14.0. The Kier molecular flexibility index (Phi) is 8.91. The van der Waals surface area contributed by atoms with Crippen molar-refractivity contribution in [2.45, 2.75) is 25.7 Å². The van der Waals surface area contributed by atoms with Crippen LogP contribution in [0.25, 0.3) is 0 Å². The van der Waals surface area contributed by atoms with Crippen LogP contribution in [0.15, 0.2) is 48.5 Å². The number of aliphatic hydroxyl groups excluding tert-OH is 1. The predicted molar refractivity (Wildman–Crippen MR) is 139 cm³/mol. The molecule has 0 aliphatic carbocycles. The Balaban J connectivity index is 1.45. The Morgan fingerprint density at radius 3 is 2.31 bits per heavy atom. The van der Waals surface area contributed by atoms with Gasteiger partial charge in [-0.1, -0.05) is 30.5 Å². The minimum absolute atomic E-state index is 0.231. The van der Waals surface area contributed by atoms with Crippen LogP contribution in [-0.4, -0.2) is 59.4 Å². The van der Waals surface area contributed by atoms with Gasteiger partial charge in [0.25, 0.3) is 0 Å². The first-order valence-corrected chi connectivity index (χ1v) is 12.4. The molecule has 3 N–H and O–H groups in total. The minimum Gasteiger partial charge on any atom is -0.396 e. The van der Waals surface area contributed by atoms with Crippen molar-refractivity contribution in [2.75, 3.05) is 59.8 Å². The van der Waals surface area contributed by atoms with Gasteiger partial charge in [-0.2, -0.15) is 15.0 Å². The van der Waals surface area contributed by atoms with Gasteiger partial charge in [0.05, 0.1) is 0 Å². The fraction of sp³-hybridized carbons (Fsp3) is 0.400. The molecular weight excluding hydrogens is 469 g/mol. The zero-order valence-corrected chi connectivity index (χ0v) is 20.4. The van der Waals surface area contributed by atoms with E-state index in [1.165, 1.54) is 12.1 Å². The van der Waals surface area contributed by atoms with Crippen molar-refractivity contribution in [3.05, 3.63) is 59.4 Å². The fourth-order valence-electron chi connectivity index (χ4n) is 3.94. The van der Waals surface area contributed by atoms with Crippen molar-refractivity contribution in [1.29, 1.82) is 0 Å². The third-order valence-electron chi connectivity index (χ3n) is 5.83. The number of aliphatic hydroxyl groups is 1. The van der Waals surface area contributed by atoms with Crippen molar-refractivity contribution in [1.82, 2.24) is 15.0 Å². The third kappa shape index (κ3) is 7.40. The largest absolute Gasteiger partial charge is 0.396 e. The number of unbranched alkanes of at least 4 members (excludes halogenated alkanes) is 3. The van der Waals surface area contributed by atoms with Crippen molar-refractivity contribution < 1.29 is 9.50 Å². The quantitative estimate of drug-likeness (QED) is 0.327. The molecule has 35 heavy (non-hydrogen) atoms. The second-order valence-corrected chi connectivity index (χ2v) is 8.87. The number of hydrogen-bond acceptors (Lipinski definition) is 8. The number of benzene rings is 2. The molecule has 0 spiro atoms. The summed E-state index contributed by atoms with van der Waals surface area (Å²) in [6.45, 7) is 4.00. The van der Waals surface area contributed by atoms with Gasteiger partial charge in [-0.15, -0.1) is 0 Å². The van der Waals surface area contributed by atoms with Gasteiger partial charge in [0.2, 0.25) is 17.8 Å². The molecule has 0 bridgehead atoms. The molecule has 8 nitrogen and oxygen atoms in total. The number of halogens is 2. The normalized spacial score (nSPS) is 13.7.